The average Bonchev–Trinajstić information content (AvgIpc) is 2.84. The number of hydroxylamine groups is 1. The zero-order chi connectivity index (χ0) is 24.4. The highest BCUT2D eigenvalue weighted by atomic mass is 19.3. The Balaban J connectivity index is 2.11. The summed E-state index contributed by atoms with van der Waals surface area (Å²) < 4.78 is 31.7. The normalized spacial score (nSPS) is 12.9. The molecule has 0 bridgehead atoms. The van der Waals surface area contributed by atoms with Gasteiger partial charge in [-0.25, -0.2) is 14.3 Å². The van der Waals surface area contributed by atoms with Crippen LogP contribution in [0, 0.1) is 23.7 Å². The van der Waals surface area contributed by atoms with Crippen LogP contribution in [0.4, 0.5) is 8.78 Å². The molecular formula is C24H23F2N3O4. The molecule has 0 saturated carbocycles. The fourth-order valence-corrected chi connectivity index (χ4v) is 2.72. The molecule has 0 saturated heterocycles. The van der Waals surface area contributed by atoms with Gasteiger partial charge in [0.2, 0.25) is 0 Å². The predicted octanol–water partition coefficient (Wildman–Crippen LogP) is 1.82. The molecule has 7 nitrogen and oxygen atoms in total. The fraction of sp³-hybridized carbons (Fsp3) is 0.250. The van der Waals surface area contributed by atoms with Gasteiger partial charge in [0.05, 0.1) is 0 Å². The Bertz CT molecular complexity index is 1100. The van der Waals surface area contributed by atoms with Crippen molar-refractivity contribution in [2.24, 2.45) is 5.73 Å². The molecule has 2 amide bonds. The molecule has 2 rings (SSSR count). The Morgan fingerprint density at radius 2 is 1.58 bits per heavy atom. The third-order valence-electron chi connectivity index (χ3n) is 4.91. The van der Waals surface area contributed by atoms with Crippen LogP contribution in [0.5, 0.6) is 0 Å². The molecule has 0 radical (unpaired) electrons. The lowest BCUT2D eigenvalue weighted by Crippen LogP contribution is -2.62. The third-order valence-corrected chi connectivity index (χ3v) is 4.91. The molecule has 9 heteroatoms. The number of amides is 2. The number of hydrogen-bond acceptors (Lipinski definition) is 5. The number of hydrogen-bond donors (Lipinski definition) is 4. The van der Waals surface area contributed by atoms with E-state index in [4.69, 9.17) is 15.7 Å². The first-order chi connectivity index (χ1) is 15.7. The lowest BCUT2D eigenvalue weighted by Gasteiger charge is -2.34. The van der Waals surface area contributed by atoms with Gasteiger partial charge in [0.1, 0.15) is 6.04 Å². The zero-order valence-electron chi connectivity index (χ0n) is 18.0. The van der Waals surface area contributed by atoms with Crippen LogP contribution in [-0.4, -0.2) is 42.2 Å². The SMILES string of the molecule is COC(C)(C(F)F)C(NC(=O)c1ccc(C#CC#Cc2ccc(CN)cc2)cc1)C(=O)NO. The minimum atomic E-state index is -3.12. The Morgan fingerprint density at radius 1 is 1.06 bits per heavy atom. The summed E-state index contributed by atoms with van der Waals surface area (Å²) in [4.78, 5) is 24.4. The first kappa shape index (κ1) is 25.5. The van der Waals surface area contributed by atoms with E-state index in [2.05, 4.69) is 29.0 Å². The molecule has 0 fully saturated rings. The van der Waals surface area contributed by atoms with Gasteiger partial charge in [-0.3, -0.25) is 14.8 Å². The van der Waals surface area contributed by atoms with Crippen molar-refractivity contribution in [3.8, 4) is 23.7 Å². The molecule has 33 heavy (non-hydrogen) atoms. The lowest BCUT2D eigenvalue weighted by atomic mass is 9.95. The summed E-state index contributed by atoms with van der Waals surface area (Å²) in [5, 5.41) is 11.1. The smallest absolute Gasteiger partial charge is 0.269 e. The second kappa shape index (κ2) is 11.7. The molecule has 2 atom stereocenters. The molecule has 2 unspecified atom stereocenters. The van der Waals surface area contributed by atoms with Gasteiger partial charge in [-0.2, -0.15) is 0 Å². The first-order valence-corrected chi connectivity index (χ1v) is 9.74. The highest BCUT2D eigenvalue weighted by molar-refractivity contribution is 5.97. The predicted molar refractivity (Wildman–Crippen MR) is 117 cm³/mol. The number of rotatable bonds is 7. The van der Waals surface area contributed by atoms with Crippen LogP contribution in [0.1, 0.15) is 34.0 Å². The lowest BCUT2D eigenvalue weighted by molar-refractivity contribution is -0.157. The van der Waals surface area contributed by atoms with Gasteiger partial charge in [0.15, 0.2) is 5.60 Å². The summed E-state index contributed by atoms with van der Waals surface area (Å²) in [5.74, 6) is 9.11. The Morgan fingerprint density at radius 3 is 2.00 bits per heavy atom. The van der Waals surface area contributed by atoms with E-state index in [1.165, 1.54) is 17.6 Å². The second-order valence-corrected chi connectivity index (χ2v) is 7.05. The molecule has 5 N–H and O–H groups in total. The number of alkyl halides is 2. The number of carbonyl (C=O) groups is 2. The van der Waals surface area contributed by atoms with Gasteiger partial charge < -0.3 is 15.8 Å². The molecule has 0 aromatic heterocycles. The van der Waals surface area contributed by atoms with Gasteiger partial charge in [-0.1, -0.05) is 24.0 Å². The minimum Gasteiger partial charge on any atom is -0.370 e. The van der Waals surface area contributed by atoms with Crippen LogP contribution >= 0.6 is 0 Å². The van der Waals surface area contributed by atoms with E-state index in [0.29, 0.717) is 12.1 Å². The number of nitrogens with two attached hydrogens (primary N) is 1. The molecule has 0 aliphatic rings. The standard InChI is InChI=1S/C24H23F2N3O4/c1-24(33-2,23(25)26)20(22(31)29-32)28-21(30)19-13-11-17(12-14-19)6-4-3-5-16-7-9-18(15-27)10-8-16/h7-14,20,23,32H,15,27H2,1-2H3,(H,28,30)(H,29,31). The van der Waals surface area contributed by atoms with Gasteiger partial charge in [-0.05, 0) is 60.7 Å². The van der Waals surface area contributed by atoms with E-state index in [-0.39, 0.29) is 5.56 Å². The van der Waals surface area contributed by atoms with Crippen molar-refractivity contribution in [2.45, 2.75) is 31.5 Å². The van der Waals surface area contributed by atoms with Crippen LogP contribution < -0.4 is 16.5 Å². The highest BCUT2D eigenvalue weighted by Crippen LogP contribution is 2.24. The van der Waals surface area contributed by atoms with Crippen molar-refractivity contribution >= 4 is 11.8 Å². The maximum absolute atomic E-state index is 13.5. The van der Waals surface area contributed by atoms with Gasteiger partial charge in [0, 0.05) is 30.3 Å². The van der Waals surface area contributed by atoms with E-state index < -0.39 is 29.9 Å². The van der Waals surface area contributed by atoms with E-state index in [9.17, 15) is 18.4 Å². The summed E-state index contributed by atoms with van der Waals surface area (Å²) >= 11 is 0. The highest BCUT2D eigenvalue weighted by Gasteiger charge is 2.48. The van der Waals surface area contributed by atoms with Crippen LogP contribution in [0.25, 0.3) is 0 Å². The number of methoxy groups -OCH3 is 1. The Hall–Kier alpha value is -3.76. The van der Waals surface area contributed by atoms with Gasteiger partial charge in [-0.15, -0.1) is 0 Å². The fourth-order valence-electron chi connectivity index (χ4n) is 2.72. The number of nitrogens with one attached hydrogen (secondary N) is 2. The second-order valence-electron chi connectivity index (χ2n) is 7.05. The molecule has 2 aromatic carbocycles. The quantitative estimate of drug-likeness (QED) is 0.289. The maximum Gasteiger partial charge on any atom is 0.269 e. The van der Waals surface area contributed by atoms with E-state index in [1.807, 2.05) is 24.3 Å². The van der Waals surface area contributed by atoms with Crippen molar-refractivity contribution in [1.29, 1.82) is 0 Å². The molecule has 172 valence electrons. The molecular weight excluding hydrogens is 432 g/mol. The van der Waals surface area contributed by atoms with Crippen LogP contribution in [0.15, 0.2) is 48.5 Å². The number of carbonyl (C=O) groups excluding carboxylic acids is 2. The third kappa shape index (κ3) is 6.61. The molecule has 0 heterocycles. The van der Waals surface area contributed by atoms with Crippen molar-refractivity contribution in [3.05, 3.63) is 70.8 Å². The van der Waals surface area contributed by atoms with E-state index in [0.717, 1.165) is 25.2 Å². The summed E-state index contributed by atoms with van der Waals surface area (Å²) in [6.07, 6.45) is -3.12. The minimum absolute atomic E-state index is 0.0927. The summed E-state index contributed by atoms with van der Waals surface area (Å²) in [7, 11) is 0.974. The molecule has 2 aromatic rings. The van der Waals surface area contributed by atoms with Gasteiger partial charge in [0.25, 0.3) is 18.2 Å². The zero-order valence-corrected chi connectivity index (χ0v) is 18.0. The van der Waals surface area contributed by atoms with Crippen molar-refractivity contribution in [1.82, 2.24) is 10.8 Å². The summed E-state index contributed by atoms with van der Waals surface area (Å²) in [5.41, 5.74) is 6.91. The maximum atomic E-state index is 13.5. The number of benzene rings is 2. The molecule has 0 aliphatic heterocycles. The van der Waals surface area contributed by atoms with Crippen LogP contribution in [0.2, 0.25) is 0 Å². The number of halogens is 2. The number of ether oxygens (including phenoxy) is 1. The monoisotopic (exact) mass is 455 g/mol. The Labute approximate surface area is 190 Å². The first-order valence-electron chi connectivity index (χ1n) is 9.74. The molecule has 0 spiro atoms. The van der Waals surface area contributed by atoms with Crippen molar-refractivity contribution in [3.63, 3.8) is 0 Å². The van der Waals surface area contributed by atoms with Crippen molar-refractivity contribution < 1.29 is 28.3 Å². The van der Waals surface area contributed by atoms with E-state index in [1.54, 1.807) is 12.1 Å². The Kier molecular flexibility index (Phi) is 9.08. The van der Waals surface area contributed by atoms with Gasteiger partial charge >= 0.3 is 0 Å². The summed E-state index contributed by atoms with van der Waals surface area (Å²) in [6.45, 7) is 1.40. The van der Waals surface area contributed by atoms with Crippen LogP contribution in [-0.2, 0) is 16.1 Å². The van der Waals surface area contributed by atoms with Crippen LogP contribution in [0.3, 0.4) is 0 Å². The molecule has 0 aliphatic carbocycles. The average molecular weight is 455 g/mol. The van der Waals surface area contributed by atoms with E-state index >= 15 is 0 Å². The largest absolute Gasteiger partial charge is 0.370 e. The van der Waals surface area contributed by atoms with Crippen molar-refractivity contribution in [2.75, 3.05) is 7.11 Å². The summed E-state index contributed by atoms with van der Waals surface area (Å²) in [6, 6.07) is 11.5. The topological polar surface area (TPSA) is 114 Å².